The van der Waals surface area contributed by atoms with Crippen molar-refractivity contribution in [3.63, 3.8) is 0 Å². The van der Waals surface area contributed by atoms with Crippen molar-refractivity contribution < 1.29 is 4.74 Å². The van der Waals surface area contributed by atoms with Crippen LogP contribution < -0.4 is 0 Å². The number of ether oxygens (including phenoxy) is 1. The molecule has 0 saturated heterocycles. The Balaban J connectivity index is 3.67. The van der Waals surface area contributed by atoms with Crippen molar-refractivity contribution in [1.29, 1.82) is 0 Å². The van der Waals surface area contributed by atoms with E-state index in [1.807, 2.05) is 12.5 Å². The molecule has 0 aliphatic carbocycles. The second-order valence-corrected chi connectivity index (χ2v) is 9.77. The summed E-state index contributed by atoms with van der Waals surface area (Å²) in [6.45, 7) is 18.6. The van der Waals surface area contributed by atoms with Crippen LogP contribution in [-0.2, 0) is 4.74 Å². The molecule has 0 fully saturated rings. The average molecular weight is 323 g/mol. The van der Waals surface area contributed by atoms with Gasteiger partial charge in [0.2, 0.25) is 0 Å². The maximum atomic E-state index is 5.44. The van der Waals surface area contributed by atoms with Crippen LogP contribution in [-0.4, -0.2) is 0 Å². The van der Waals surface area contributed by atoms with E-state index in [4.69, 9.17) is 4.74 Å². The Morgan fingerprint density at radius 3 is 1.35 bits per heavy atom. The van der Waals surface area contributed by atoms with E-state index in [9.17, 15) is 0 Å². The Morgan fingerprint density at radius 1 is 0.696 bits per heavy atom. The van der Waals surface area contributed by atoms with Crippen molar-refractivity contribution in [3.8, 4) is 0 Å². The Labute approximate surface area is 146 Å². The maximum absolute atomic E-state index is 5.44. The smallest absolute Gasteiger partial charge is 0.0861 e. The largest absolute Gasteiger partial charge is 0.473 e. The highest BCUT2D eigenvalue weighted by Gasteiger charge is 2.15. The van der Waals surface area contributed by atoms with Crippen LogP contribution >= 0.6 is 0 Å². The molecule has 136 valence electrons. The minimum Gasteiger partial charge on any atom is -0.473 e. The predicted octanol–water partition coefficient (Wildman–Crippen LogP) is 7.74. The zero-order chi connectivity index (χ0) is 17.9. The Hall–Kier alpha value is -0.720. The molecule has 0 radical (unpaired) electrons. The summed E-state index contributed by atoms with van der Waals surface area (Å²) in [5.74, 6) is 1.55. The Bertz CT molecular complexity index is 304. The van der Waals surface area contributed by atoms with Gasteiger partial charge < -0.3 is 4.74 Å². The monoisotopic (exact) mass is 322 g/mol. The van der Waals surface area contributed by atoms with Crippen molar-refractivity contribution >= 4 is 0 Å². The van der Waals surface area contributed by atoms with E-state index in [0.717, 1.165) is 24.7 Å². The van der Waals surface area contributed by atoms with Crippen LogP contribution in [0.15, 0.2) is 24.7 Å². The summed E-state index contributed by atoms with van der Waals surface area (Å²) in [7, 11) is 0. The number of rotatable bonds is 10. The van der Waals surface area contributed by atoms with Gasteiger partial charge >= 0.3 is 0 Å². The highest BCUT2D eigenvalue weighted by molar-refractivity contribution is 4.81. The average Bonchev–Trinajstić information content (AvgIpc) is 2.32. The van der Waals surface area contributed by atoms with E-state index in [0.29, 0.717) is 10.8 Å². The quantitative estimate of drug-likeness (QED) is 0.374. The molecule has 0 aromatic heterocycles. The van der Waals surface area contributed by atoms with Crippen LogP contribution in [0, 0.1) is 22.7 Å². The lowest BCUT2D eigenvalue weighted by atomic mass is 9.84. The molecule has 0 aliphatic rings. The zero-order valence-corrected chi connectivity index (χ0v) is 17.1. The van der Waals surface area contributed by atoms with Crippen LogP contribution in [0.5, 0.6) is 0 Å². The van der Waals surface area contributed by atoms with Gasteiger partial charge in [0.1, 0.15) is 0 Å². The summed E-state index contributed by atoms with van der Waals surface area (Å²) in [6.07, 6.45) is 15.2. The van der Waals surface area contributed by atoms with E-state index in [2.05, 4.69) is 67.5 Å². The van der Waals surface area contributed by atoms with Crippen molar-refractivity contribution in [2.24, 2.45) is 22.7 Å². The maximum Gasteiger partial charge on any atom is 0.0861 e. The lowest BCUT2D eigenvalue weighted by molar-refractivity contribution is 0.297. The van der Waals surface area contributed by atoms with E-state index in [-0.39, 0.29) is 0 Å². The summed E-state index contributed by atoms with van der Waals surface area (Å²) in [5.41, 5.74) is 0.874. The molecule has 1 nitrogen and oxygen atoms in total. The minimum atomic E-state index is 0.437. The fourth-order valence-corrected chi connectivity index (χ4v) is 3.35. The summed E-state index contributed by atoms with van der Waals surface area (Å²) in [5, 5.41) is 0. The third-order valence-corrected chi connectivity index (χ3v) is 3.92. The van der Waals surface area contributed by atoms with Crippen LogP contribution in [0.3, 0.4) is 0 Å². The van der Waals surface area contributed by atoms with Crippen LogP contribution in [0.2, 0.25) is 0 Å². The molecule has 0 heterocycles. The fraction of sp³-hybridized carbons (Fsp3) is 0.818. The first-order valence-electron chi connectivity index (χ1n) is 9.45. The SMILES string of the molecule is CC(CCC=COC=CCCC(C)CC(C)(C)C)CC(C)(C)C. The van der Waals surface area contributed by atoms with Crippen LogP contribution in [0.4, 0.5) is 0 Å². The van der Waals surface area contributed by atoms with Crippen molar-refractivity contribution in [1.82, 2.24) is 0 Å². The molecule has 0 N–H and O–H groups in total. The van der Waals surface area contributed by atoms with Crippen molar-refractivity contribution in [2.75, 3.05) is 0 Å². The molecule has 0 aliphatic heterocycles. The second-order valence-electron chi connectivity index (χ2n) is 9.77. The molecule has 0 aromatic carbocycles. The molecule has 0 bridgehead atoms. The van der Waals surface area contributed by atoms with E-state index < -0.39 is 0 Å². The van der Waals surface area contributed by atoms with Gasteiger partial charge in [-0.05, 0) is 73.3 Å². The highest BCUT2D eigenvalue weighted by atomic mass is 16.5. The van der Waals surface area contributed by atoms with Crippen molar-refractivity contribution in [2.45, 2.75) is 93.9 Å². The molecule has 1 heteroatoms. The number of hydrogen-bond donors (Lipinski definition) is 0. The van der Waals surface area contributed by atoms with E-state index in [1.54, 1.807) is 0 Å². The first-order valence-corrected chi connectivity index (χ1v) is 9.45. The Kier molecular flexibility index (Phi) is 10.6. The number of allylic oxidation sites excluding steroid dienone is 2. The van der Waals surface area contributed by atoms with Gasteiger partial charge in [-0.1, -0.05) is 55.4 Å². The van der Waals surface area contributed by atoms with Gasteiger partial charge in [0.25, 0.3) is 0 Å². The molecule has 0 saturated carbocycles. The summed E-state index contributed by atoms with van der Waals surface area (Å²) in [6, 6.07) is 0. The molecule has 2 atom stereocenters. The molecular weight excluding hydrogens is 280 g/mol. The molecular formula is C22H42O. The van der Waals surface area contributed by atoms with Crippen LogP contribution in [0.25, 0.3) is 0 Å². The topological polar surface area (TPSA) is 9.23 Å². The third kappa shape index (κ3) is 17.5. The molecule has 0 rings (SSSR count). The van der Waals surface area contributed by atoms with E-state index in [1.165, 1.54) is 25.7 Å². The first-order chi connectivity index (χ1) is 10.5. The Morgan fingerprint density at radius 2 is 1.04 bits per heavy atom. The van der Waals surface area contributed by atoms with Gasteiger partial charge in [-0.2, -0.15) is 0 Å². The number of hydrogen-bond acceptors (Lipinski definition) is 1. The van der Waals surface area contributed by atoms with Gasteiger partial charge in [-0.3, -0.25) is 0 Å². The molecule has 2 unspecified atom stereocenters. The highest BCUT2D eigenvalue weighted by Crippen LogP contribution is 2.27. The second kappa shape index (κ2) is 10.9. The molecule has 23 heavy (non-hydrogen) atoms. The summed E-state index contributed by atoms with van der Waals surface area (Å²) >= 11 is 0. The van der Waals surface area contributed by atoms with Crippen LogP contribution in [0.1, 0.15) is 93.9 Å². The van der Waals surface area contributed by atoms with Gasteiger partial charge in [0, 0.05) is 0 Å². The van der Waals surface area contributed by atoms with Gasteiger partial charge in [0.15, 0.2) is 0 Å². The standard InChI is InChI=1S/C22H42O/c1-19(17-21(3,4)5)13-9-11-15-23-16-12-10-14-20(2)18-22(6,7)8/h11-12,15-16,19-20H,9-10,13-14,17-18H2,1-8H3. The first kappa shape index (κ1) is 22.3. The lowest BCUT2D eigenvalue weighted by Crippen LogP contribution is -2.10. The van der Waals surface area contributed by atoms with Gasteiger partial charge in [-0.15, -0.1) is 0 Å². The lowest BCUT2D eigenvalue weighted by Gasteiger charge is -2.22. The summed E-state index contributed by atoms with van der Waals surface area (Å²) < 4.78 is 5.44. The molecule has 0 aromatic rings. The van der Waals surface area contributed by atoms with Gasteiger partial charge in [0.05, 0.1) is 12.5 Å². The third-order valence-electron chi connectivity index (χ3n) is 3.92. The fourth-order valence-electron chi connectivity index (χ4n) is 3.35. The van der Waals surface area contributed by atoms with E-state index >= 15 is 0 Å². The minimum absolute atomic E-state index is 0.437. The molecule has 0 amide bonds. The zero-order valence-electron chi connectivity index (χ0n) is 17.1. The summed E-state index contributed by atoms with van der Waals surface area (Å²) in [4.78, 5) is 0. The van der Waals surface area contributed by atoms with Gasteiger partial charge in [-0.25, -0.2) is 0 Å². The molecule has 0 spiro atoms. The normalized spacial score (nSPS) is 16.2. The predicted molar refractivity (Wildman–Crippen MR) is 104 cm³/mol. The van der Waals surface area contributed by atoms with Crippen molar-refractivity contribution in [3.05, 3.63) is 24.7 Å².